The van der Waals surface area contributed by atoms with Crippen molar-refractivity contribution >= 4 is 21.8 Å². The number of rotatable bonds is 5. The minimum Gasteiger partial charge on any atom is -0.351 e. The molecule has 1 aromatic heterocycles. The van der Waals surface area contributed by atoms with Crippen molar-refractivity contribution in [2.75, 3.05) is 6.54 Å². The number of hydrogen-bond acceptors (Lipinski definition) is 2. The quantitative estimate of drug-likeness (QED) is 0.667. The Bertz CT molecular complexity index is 353. The van der Waals surface area contributed by atoms with Crippen LogP contribution in [-0.4, -0.2) is 17.4 Å². The van der Waals surface area contributed by atoms with Gasteiger partial charge in [-0.3, -0.25) is 4.79 Å². The first-order valence-electron chi connectivity index (χ1n) is 5.50. The molecule has 0 saturated heterocycles. The summed E-state index contributed by atoms with van der Waals surface area (Å²) in [5.41, 5.74) is 0.457. The third kappa shape index (κ3) is 4.75. The number of carbonyl (C=O) groups excluding carboxylic acids is 1. The molecule has 4 heteroatoms. The van der Waals surface area contributed by atoms with Gasteiger partial charge in [0.2, 0.25) is 0 Å². The van der Waals surface area contributed by atoms with Crippen LogP contribution in [0.15, 0.2) is 22.8 Å². The van der Waals surface area contributed by atoms with Crippen LogP contribution in [0.25, 0.3) is 0 Å². The van der Waals surface area contributed by atoms with E-state index in [-0.39, 0.29) is 5.91 Å². The summed E-state index contributed by atoms with van der Waals surface area (Å²) in [5, 5.41) is 2.86. The predicted molar refractivity (Wildman–Crippen MR) is 68.3 cm³/mol. The number of amides is 1. The van der Waals surface area contributed by atoms with E-state index in [4.69, 9.17) is 0 Å². The molecular weight excluding hydrogens is 268 g/mol. The third-order valence-corrected chi connectivity index (χ3v) is 2.63. The summed E-state index contributed by atoms with van der Waals surface area (Å²) in [4.78, 5) is 15.7. The number of carbonyl (C=O) groups is 1. The van der Waals surface area contributed by atoms with Crippen LogP contribution < -0.4 is 5.32 Å². The van der Waals surface area contributed by atoms with Crippen LogP contribution in [0.1, 0.15) is 37.2 Å². The molecule has 0 aromatic carbocycles. The van der Waals surface area contributed by atoms with Gasteiger partial charge < -0.3 is 5.32 Å². The molecule has 16 heavy (non-hydrogen) atoms. The molecule has 0 fully saturated rings. The first-order chi connectivity index (χ1) is 7.59. The van der Waals surface area contributed by atoms with Gasteiger partial charge in [-0.1, -0.05) is 19.9 Å². The fourth-order valence-corrected chi connectivity index (χ4v) is 1.68. The number of pyridine rings is 1. The number of nitrogens with zero attached hydrogens (tertiary/aromatic N) is 1. The van der Waals surface area contributed by atoms with E-state index in [9.17, 15) is 4.79 Å². The number of aromatic nitrogens is 1. The standard InChI is InChI=1S/C12H17BrN2O/c1-9(2)5-4-8-14-12(16)10-6-3-7-11(13)15-10/h3,6-7,9H,4-5,8H2,1-2H3,(H,14,16). The van der Waals surface area contributed by atoms with E-state index in [1.165, 1.54) is 0 Å². The first-order valence-corrected chi connectivity index (χ1v) is 6.29. The van der Waals surface area contributed by atoms with Crippen molar-refractivity contribution in [1.29, 1.82) is 0 Å². The summed E-state index contributed by atoms with van der Waals surface area (Å²) >= 11 is 3.24. The molecule has 0 radical (unpaired) electrons. The van der Waals surface area contributed by atoms with Gasteiger partial charge in [0, 0.05) is 6.54 Å². The Morgan fingerprint density at radius 2 is 2.25 bits per heavy atom. The highest BCUT2D eigenvalue weighted by atomic mass is 79.9. The molecule has 1 N–H and O–H groups in total. The van der Waals surface area contributed by atoms with Gasteiger partial charge in [-0.15, -0.1) is 0 Å². The summed E-state index contributed by atoms with van der Waals surface area (Å²) in [6, 6.07) is 5.32. The zero-order valence-electron chi connectivity index (χ0n) is 9.66. The van der Waals surface area contributed by atoms with Crippen molar-refractivity contribution in [2.45, 2.75) is 26.7 Å². The summed E-state index contributed by atoms with van der Waals surface area (Å²) < 4.78 is 0.683. The molecule has 0 saturated carbocycles. The van der Waals surface area contributed by atoms with Crippen LogP contribution in [0, 0.1) is 5.92 Å². The van der Waals surface area contributed by atoms with Gasteiger partial charge in [0.1, 0.15) is 10.3 Å². The Hall–Kier alpha value is -0.900. The largest absolute Gasteiger partial charge is 0.351 e. The molecule has 0 spiro atoms. The zero-order chi connectivity index (χ0) is 12.0. The van der Waals surface area contributed by atoms with Gasteiger partial charge in [0.15, 0.2) is 0 Å². The maximum Gasteiger partial charge on any atom is 0.269 e. The number of halogens is 1. The maximum absolute atomic E-state index is 11.6. The molecule has 0 aliphatic carbocycles. The van der Waals surface area contributed by atoms with Crippen molar-refractivity contribution in [3.05, 3.63) is 28.5 Å². The molecular formula is C12H17BrN2O. The SMILES string of the molecule is CC(C)CCCNC(=O)c1cccc(Br)n1. The van der Waals surface area contributed by atoms with E-state index in [1.807, 2.05) is 0 Å². The van der Waals surface area contributed by atoms with Gasteiger partial charge >= 0.3 is 0 Å². The summed E-state index contributed by atoms with van der Waals surface area (Å²) in [6.45, 7) is 5.07. The van der Waals surface area contributed by atoms with Crippen LogP contribution in [0.5, 0.6) is 0 Å². The molecule has 1 heterocycles. The Labute approximate surface area is 105 Å². The average Bonchev–Trinajstić information content (AvgIpc) is 2.24. The monoisotopic (exact) mass is 284 g/mol. The third-order valence-electron chi connectivity index (χ3n) is 2.19. The van der Waals surface area contributed by atoms with E-state index in [0.29, 0.717) is 22.8 Å². The summed E-state index contributed by atoms with van der Waals surface area (Å²) in [7, 11) is 0. The normalized spacial score (nSPS) is 10.5. The smallest absolute Gasteiger partial charge is 0.269 e. The lowest BCUT2D eigenvalue weighted by Gasteiger charge is -2.06. The molecule has 0 bridgehead atoms. The number of hydrogen-bond donors (Lipinski definition) is 1. The second-order valence-corrected chi connectivity index (χ2v) is 4.95. The van der Waals surface area contributed by atoms with Crippen molar-refractivity contribution in [3.63, 3.8) is 0 Å². The minimum atomic E-state index is -0.106. The van der Waals surface area contributed by atoms with E-state index in [0.717, 1.165) is 12.8 Å². The lowest BCUT2D eigenvalue weighted by Crippen LogP contribution is -2.25. The Balaban J connectivity index is 2.35. The van der Waals surface area contributed by atoms with E-state index < -0.39 is 0 Å². The second-order valence-electron chi connectivity index (χ2n) is 4.14. The Morgan fingerprint density at radius 3 is 2.88 bits per heavy atom. The van der Waals surface area contributed by atoms with E-state index >= 15 is 0 Å². The van der Waals surface area contributed by atoms with Gasteiger partial charge in [0.05, 0.1) is 0 Å². The van der Waals surface area contributed by atoms with Crippen LogP contribution in [-0.2, 0) is 0 Å². The minimum absolute atomic E-state index is 0.106. The van der Waals surface area contributed by atoms with Crippen LogP contribution in [0.4, 0.5) is 0 Å². The van der Waals surface area contributed by atoms with Gasteiger partial charge in [-0.05, 0) is 46.8 Å². The van der Waals surface area contributed by atoms with Crippen molar-refractivity contribution < 1.29 is 4.79 Å². The van der Waals surface area contributed by atoms with E-state index in [2.05, 4.69) is 40.1 Å². The van der Waals surface area contributed by atoms with Crippen LogP contribution >= 0.6 is 15.9 Å². The van der Waals surface area contributed by atoms with Gasteiger partial charge in [0.25, 0.3) is 5.91 Å². The Kier molecular flexibility index (Phi) is 5.46. The molecule has 0 unspecified atom stereocenters. The van der Waals surface area contributed by atoms with Crippen molar-refractivity contribution in [2.24, 2.45) is 5.92 Å². The van der Waals surface area contributed by atoms with E-state index in [1.54, 1.807) is 18.2 Å². The molecule has 1 aromatic rings. The highest BCUT2D eigenvalue weighted by Crippen LogP contribution is 2.06. The average molecular weight is 285 g/mol. The second kappa shape index (κ2) is 6.63. The predicted octanol–water partition coefficient (Wildman–Crippen LogP) is 3.01. The molecule has 88 valence electrons. The topological polar surface area (TPSA) is 42.0 Å². The van der Waals surface area contributed by atoms with Crippen LogP contribution in [0.2, 0.25) is 0 Å². The fourth-order valence-electron chi connectivity index (χ4n) is 1.34. The van der Waals surface area contributed by atoms with Gasteiger partial charge in [-0.2, -0.15) is 0 Å². The highest BCUT2D eigenvalue weighted by Gasteiger charge is 2.06. The molecule has 0 atom stereocenters. The first kappa shape index (κ1) is 13.2. The fraction of sp³-hybridized carbons (Fsp3) is 0.500. The van der Waals surface area contributed by atoms with Crippen molar-refractivity contribution in [3.8, 4) is 0 Å². The molecule has 0 aliphatic heterocycles. The summed E-state index contributed by atoms with van der Waals surface area (Å²) in [5.74, 6) is 0.575. The highest BCUT2D eigenvalue weighted by molar-refractivity contribution is 9.10. The van der Waals surface area contributed by atoms with Crippen LogP contribution in [0.3, 0.4) is 0 Å². The maximum atomic E-state index is 11.6. The number of nitrogens with one attached hydrogen (secondary N) is 1. The molecule has 3 nitrogen and oxygen atoms in total. The zero-order valence-corrected chi connectivity index (χ0v) is 11.3. The molecule has 1 rings (SSSR count). The lowest BCUT2D eigenvalue weighted by molar-refractivity contribution is 0.0947. The Morgan fingerprint density at radius 1 is 1.50 bits per heavy atom. The molecule has 1 amide bonds. The van der Waals surface area contributed by atoms with Gasteiger partial charge in [-0.25, -0.2) is 4.98 Å². The summed E-state index contributed by atoms with van der Waals surface area (Å²) in [6.07, 6.45) is 2.14. The molecule has 0 aliphatic rings. The lowest BCUT2D eigenvalue weighted by atomic mass is 10.1. The van der Waals surface area contributed by atoms with Crippen molar-refractivity contribution in [1.82, 2.24) is 10.3 Å².